The standard InChI is InChI=1S/C13H12N2O5/c1-4-9-5-6-10(7-11(9)15(18)19)12(16)14-13(17)20-8(2)3/h1,5-8H,2-3H3,(H,14,16,17). The van der Waals surface area contributed by atoms with Crippen LogP contribution in [-0.4, -0.2) is 23.0 Å². The smallest absolute Gasteiger partial charge is 0.414 e. The van der Waals surface area contributed by atoms with Crippen molar-refractivity contribution in [3.8, 4) is 12.3 Å². The molecule has 20 heavy (non-hydrogen) atoms. The molecule has 104 valence electrons. The Bertz CT molecular complexity index is 601. The number of carbonyl (C=O) groups excluding carboxylic acids is 2. The first-order chi connectivity index (χ1) is 9.35. The van der Waals surface area contributed by atoms with Crippen LogP contribution in [0.2, 0.25) is 0 Å². The van der Waals surface area contributed by atoms with Crippen LogP contribution in [0.15, 0.2) is 18.2 Å². The summed E-state index contributed by atoms with van der Waals surface area (Å²) >= 11 is 0. The molecule has 1 N–H and O–H groups in total. The van der Waals surface area contributed by atoms with E-state index >= 15 is 0 Å². The molecule has 7 heteroatoms. The molecule has 1 rings (SSSR count). The van der Waals surface area contributed by atoms with Crippen LogP contribution in [0.3, 0.4) is 0 Å². The number of carbonyl (C=O) groups is 2. The van der Waals surface area contributed by atoms with Crippen LogP contribution in [-0.2, 0) is 4.74 Å². The summed E-state index contributed by atoms with van der Waals surface area (Å²) < 4.78 is 4.73. The third kappa shape index (κ3) is 3.81. The molecule has 1 aromatic rings. The fourth-order valence-corrected chi connectivity index (χ4v) is 1.35. The molecule has 0 aliphatic heterocycles. The SMILES string of the molecule is C#Cc1ccc(C(=O)NC(=O)OC(C)C)cc1[N+](=O)[O-]. The number of hydrogen-bond donors (Lipinski definition) is 1. The zero-order chi connectivity index (χ0) is 15.3. The number of terminal acetylenes is 1. The van der Waals surface area contributed by atoms with Gasteiger partial charge in [0, 0.05) is 11.6 Å². The highest BCUT2D eigenvalue weighted by molar-refractivity contribution is 6.03. The van der Waals surface area contributed by atoms with Crippen molar-refractivity contribution in [3.05, 3.63) is 39.4 Å². The van der Waals surface area contributed by atoms with Crippen molar-refractivity contribution >= 4 is 17.7 Å². The van der Waals surface area contributed by atoms with E-state index in [1.807, 2.05) is 5.32 Å². The first-order valence-corrected chi connectivity index (χ1v) is 5.62. The number of alkyl carbamates (subject to hydrolysis) is 1. The summed E-state index contributed by atoms with van der Waals surface area (Å²) in [6.07, 6.45) is 3.81. The second kappa shape index (κ2) is 6.33. The van der Waals surface area contributed by atoms with Crippen LogP contribution in [0.4, 0.5) is 10.5 Å². The number of nitro benzene ring substituents is 1. The van der Waals surface area contributed by atoms with E-state index in [0.717, 1.165) is 6.07 Å². The second-order valence-corrected chi connectivity index (χ2v) is 4.04. The number of amides is 2. The molecule has 0 bridgehead atoms. The zero-order valence-corrected chi connectivity index (χ0v) is 10.9. The molecule has 0 aliphatic rings. The van der Waals surface area contributed by atoms with E-state index in [9.17, 15) is 19.7 Å². The van der Waals surface area contributed by atoms with Crippen LogP contribution in [0, 0.1) is 22.5 Å². The highest BCUT2D eigenvalue weighted by atomic mass is 16.6. The predicted octanol–water partition coefficient (Wildman–Crippen LogP) is 1.85. The van der Waals surface area contributed by atoms with Crippen LogP contribution >= 0.6 is 0 Å². The molecule has 0 unspecified atom stereocenters. The monoisotopic (exact) mass is 276 g/mol. The van der Waals surface area contributed by atoms with Gasteiger partial charge in [-0.3, -0.25) is 20.2 Å². The summed E-state index contributed by atoms with van der Waals surface area (Å²) in [5.74, 6) is 1.34. The van der Waals surface area contributed by atoms with Crippen LogP contribution < -0.4 is 5.32 Å². The molecule has 0 aliphatic carbocycles. The number of ether oxygens (including phenoxy) is 1. The Kier molecular flexibility index (Phi) is 4.81. The molecular formula is C13H12N2O5. The summed E-state index contributed by atoms with van der Waals surface area (Å²) in [6.45, 7) is 3.24. The lowest BCUT2D eigenvalue weighted by Gasteiger charge is -2.08. The van der Waals surface area contributed by atoms with Crippen LogP contribution in [0.5, 0.6) is 0 Å². The summed E-state index contributed by atoms with van der Waals surface area (Å²) in [7, 11) is 0. The van der Waals surface area contributed by atoms with Gasteiger partial charge in [0.25, 0.3) is 11.6 Å². The normalized spacial score (nSPS) is 9.70. The van der Waals surface area contributed by atoms with Crippen molar-refractivity contribution < 1.29 is 19.2 Å². The van der Waals surface area contributed by atoms with Gasteiger partial charge >= 0.3 is 6.09 Å². The highest BCUT2D eigenvalue weighted by Crippen LogP contribution is 2.19. The maximum Gasteiger partial charge on any atom is 0.414 e. The van der Waals surface area contributed by atoms with Crippen molar-refractivity contribution in [2.45, 2.75) is 20.0 Å². The topological polar surface area (TPSA) is 98.5 Å². The molecule has 0 fully saturated rings. The lowest BCUT2D eigenvalue weighted by Crippen LogP contribution is -2.32. The van der Waals surface area contributed by atoms with Crippen molar-refractivity contribution in [1.82, 2.24) is 5.32 Å². The van der Waals surface area contributed by atoms with Gasteiger partial charge in [0.1, 0.15) is 5.56 Å². The zero-order valence-electron chi connectivity index (χ0n) is 10.9. The first-order valence-electron chi connectivity index (χ1n) is 5.62. The van der Waals surface area contributed by atoms with Crippen LogP contribution in [0.25, 0.3) is 0 Å². The molecule has 0 heterocycles. The largest absolute Gasteiger partial charge is 0.447 e. The van der Waals surface area contributed by atoms with Gasteiger partial charge in [0.15, 0.2) is 0 Å². The van der Waals surface area contributed by atoms with Gasteiger partial charge < -0.3 is 4.74 Å². The number of imide groups is 1. The maximum absolute atomic E-state index is 11.7. The minimum atomic E-state index is -0.923. The Hall–Kier alpha value is -2.88. The quantitative estimate of drug-likeness (QED) is 0.516. The number of nitro groups is 1. The van der Waals surface area contributed by atoms with Crippen molar-refractivity contribution in [2.75, 3.05) is 0 Å². The first kappa shape index (κ1) is 15.2. The minimum Gasteiger partial charge on any atom is -0.447 e. The molecular weight excluding hydrogens is 264 g/mol. The molecule has 2 amide bonds. The third-order valence-corrected chi connectivity index (χ3v) is 2.17. The van der Waals surface area contributed by atoms with Crippen LogP contribution in [0.1, 0.15) is 29.8 Å². The number of nitrogens with zero attached hydrogens (tertiary/aromatic N) is 1. The van der Waals surface area contributed by atoms with E-state index in [0.29, 0.717) is 0 Å². The average Bonchev–Trinajstić information content (AvgIpc) is 2.36. The van der Waals surface area contributed by atoms with Crippen molar-refractivity contribution in [3.63, 3.8) is 0 Å². The lowest BCUT2D eigenvalue weighted by atomic mass is 10.1. The Morgan fingerprint density at radius 2 is 2.10 bits per heavy atom. The van der Waals surface area contributed by atoms with Gasteiger partial charge in [0.2, 0.25) is 0 Å². The van der Waals surface area contributed by atoms with Gasteiger partial charge in [-0.2, -0.15) is 0 Å². The lowest BCUT2D eigenvalue weighted by molar-refractivity contribution is -0.385. The fourth-order valence-electron chi connectivity index (χ4n) is 1.35. The predicted molar refractivity (Wildman–Crippen MR) is 70.1 cm³/mol. The van der Waals surface area contributed by atoms with E-state index in [-0.39, 0.29) is 22.9 Å². The van der Waals surface area contributed by atoms with Gasteiger partial charge in [-0.05, 0) is 26.0 Å². The van der Waals surface area contributed by atoms with Crippen molar-refractivity contribution in [2.24, 2.45) is 0 Å². The average molecular weight is 276 g/mol. The molecule has 7 nitrogen and oxygen atoms in total. The Morgan fingerprint density at radius 1 is 1.45 bits per heavy atom. The van der Waals surface area contributed by atoms with E-state index in [2.05, 4.69) is 5.92 Å². The molecule has 0 aromatic heterocycles. The van der Waals surface area contributed by atoms with E-state index in [1.165, 1.54) is 12.1 Å². The van der Waals surface area contributed by atoms with Gasteiger partial charge in [-0.1, -0.05) is 5.92 Å². The summed E-state index contributed by atoms with van der Waals surface area (Å²) in [5, 5.41) is 12.8. The summed E-state index contributed by atoms with van der Waals surface area (Å²) in [5.41, 5.74) is -0.384. The molecule has 0 spiro atoms. The van der Waals surface area contributed by atoms with E-state index in [4.69, 9.17) is 11.2 Å². The Labute approximate surface area is 115 Å². The number of rotatable bonds is 3. The maximum atomic E-state index is 11.7. The number of hydrogen-bond acceptors (Lipinski definition) is 5. The molecule has 0 radical (unpaired) electrons. The molecule has 0 saturated heterocycles. The molecule has 1 aromatic carbocycles. The highest BCUT2D eigenvalue weighted by Gasteiger charge is 2.18. The second-order valence-electron chi connectivity index (χ2n) is 4.04. The molecule has 0 saturated carbocycles. The third-order valence-electron chi connectivity index (χ3n) is 2.17. The minimum absolute atomic E-state index is 0.0521. The van der Waals surface area contributed by atoms with E-state index < -0.39 is 16.9 Å². The van der Waals surface area contributed by atoms with Gasteiger partial charge in [-0.25, -0.2) is 4.79 Å². The Balaban J connectivity index is 2.95. The van der Waals surface area contributed by atoms with Gasteiger partial charge in [0.05, 0.1) is 11.0 Å². The Morgan fingerprint density at radius 3 is 2.60 bits per heavy atom. The van der Waals surface area contributed by atoms with E-state index in [1.54, 1.807) is 13.8 Å². The number of benzene rings is 1. The molecule has 0 atom stereocenters. The summed E-state index contributed by atoms with van der Waals surface area (Å²) in [4.78, 5) is 33.1. The fraction of sp³-hybridized carbons (Fsp3) is 0.231. The van der Waals surface area contributed by atoms with Gasteiger partial charge in [-0.15, -0.1) is 6.42 Å². The summed E-state index contributed by atoms with van der Waals surface area (Å²) in [6, 6.07) is 3.56. The number of nitrogens with one attached hydrogen (secondary N) is 1. The van der Waals surface area contributed by atoms with Crippen molar-refractivity contribution in [1.29, 1.82) is 0 Å².